The number of halogens is 1. The van der Waals surface area contributed by atoms with Crippen LogP contribution in [0.3, 0.4) is 0 Å². The molecule has 0 saturated carbocycles. The normalized spacial score (nSPS) is 11.1. The van der Waals surface area contributed by atoms with E-state index in [4.69, 9.17) is 0 Å². The van der Waals surface area contributed by atoms with Crippen LogP contribution in [-0.2, 0) is 0 Å². The molecule has 4 aromatic rings. The molecule has 0 radical (unpaired) electrons. The zero-order valence-electron chi connectivity index (χ0n) is 13.9. The highest BCUT2D eigenvalue weighted by Crippen LogP contribution is 2.35. The molecule has 0 amide bonds. The third kappa shape index (κ3) is 3.00. The minimum atomic E-state index is -0.364. The van der Waals surface area contributed by atoms with E-state index in [2.05, 4.69) is 21.3 Å². The lowest BCUT2D eigenvalue weighted by molar-refractivity contribution is 0.477. The van der Waals surface area contributed by atoms with Crippen LogP contribution < -0.4 is 0 Å². The van der Waals surface area contributed by atoms with E-state index in [1.54, 1.807) is 53.1 Å². The summed E-state index contributed by atoms with van der Waals surface area (Å²) in [6.07, 6.45) is 1.69. The van der Waals surface area contributed by atoms with Gasteiger partial charge in [-0.2, -0.15) is 5.26 Å². The molecular formula is C20H12FN5O. The Morgan fingerprint density at radius 1 is 1.00 bits per heavy atom. The number of pyridine rings is 1. The monoisotopic (exact) mass is 357 g/mol. The van der Waals surface area contributed by atoms with Gasteiger partial charge in [0.2, 0.25) is 0 Å². The predicted molar refractivity (Wildman–Crippen MR) is 97.6 cm³/mol. The summed E-state index contributed by atoms with van der Waals surface area (Å²) in [6, 6.07) is 17.9. The number of nitriles is 1. The van der Waals surface area contributed by atoms with E-state index in [0.717, 1.165) is 0 Å². The molecule has 6 nitrogen and oxygen atoms in total. The SMILES string of the molecule is N#Cc1ccccc1N=Nc1c(-c2ccc(F)cc2)nc2c(O)cccn12. The van der Waals surface area contributed by atoms with Gasteiger partial charge in [-0.05, 0) is 48.5 Å². The zero-order chi connectivity index (χ0) is 18.8. The molecule has 2 aromatic heterocycles. The molecule has 0 saturated heterocycles. The molecule has 0 atom stereocenters. The van der Waals surface area contributed by atoms with Crippen molar-refractivity contribution in [1.29, 1.82) is 5.26 Å². The molecule has 0 aliphatic heterocycles. The van der Waals surface area contributed by atoms with Crippen molar-refractivity contribution in [3.63, 3.8) is 0 Å². The van der Waals surface area contributed by atoms with Gasteiger partial charge in [-0.3, -0.25) is 4.40 Å². The number of fused-ring (bicyclic) bond motifs is 1. The first-order chi connectivity index (χ1) is 13.2. The number of rotatable bonds is 3. The first kappa shape index (κ1) is 16.4. The number of nitrogens with zero attached hydrogens (tertiary/aromatic N) is 5. The van der Waals surface area contributed by atoms with E-state index >= 15 is 0 Å². The van der Waals surface area contributed by atoms with Gasteiger partial charge in [-0.25, -0.2) is 9.37 Å². The molecule has 0 fully saturated rings. The van der Waals surface area contributed by atoms with Crippen LogP contribution in [0.25, 0.3) is 16.9 Å². The lowest BCUT2D eigenvalue weighted by Crippen LogP contribution is -1.83. The van der Waals surface area contributed by atoms with Gasteiger partial charge in [0.05, 0.1) is 5.56 Å². The highest BCUT2D eigenvalue weighted by molar-refractivity contribution is 5.76. The van der Waals surface area contributed by atoms with E-state index in [0.29, 0.717) is 34.0 Å². The standard InChI is InChI=1S/C20H12FN5O/c21-15-9-7-13(8-10-15)18-20(26-11-3-6-17(27)19(26)23-18)25-24-16-5-2-1-4-14(16)12-22/h1-11,27H. The third-order valence-electron chi connectivity index (χ3n) is 4.00. The van der Waals surface area contributed by atoms with Crippen LogP contribution in [0.5, 0.6) is 5.75 Å². The van der Waals surface area contributed by atoms with Crippen molar-refractivity contribution in [1.82, 2.24) is 9.38 Å². The van der Waals surface area contributed by atoms with Crippen molar-refractivity contribution in [2.24, 2.45) is 10.2 Å². The van der Waals surface area contributed by atoms with Gasteiger partial charge < -0.3 is 5.11 Å². The molecule has 2 heterocycles. The average Bonchev–Trinajstić information content (AvgIpc) is 3.07. The van der Waals surface area contributed by atoms with Gasteiger partial charge in [0.25, 0.3) is 0 Å². The summed E-state index contributed by atoms with van der Waals surface area (Å²) in [5.41, 5.74) is 2.18. The summed E-state index contributed by atoms with van der Waals surface area (Å²) in [5.74, 6) is -0.0172. The first-order valence-corrected chi connectivity index (χ1v) is 8.04. The fraction of sp³-hybridized carbons (Fsp3) is 0. The zero-order valence-corrected chi connectivity index (χ0v) is 13.9. The highest BCUT2D eigenvalue weighted by atomic mass is 19.1. The summed E-state index contributed by atoms with van der Waals surface area (Å²) in [7, 11) is 0. The van der Waals surface area contributed by atoms with Gasteiger partial charge >= 0.3 is 0 Å². The molecule has 1 N–H and O–H groups in total. The number of hydrogen-bond donors (Lipinski definition) is 1. The Balaban J connectivity index is 1.91. The highest BCUT2D eigenvalue weighted by Gasteiger charge is 2.16. The predicted octanol–water partition coefficient (Wildman–Crippen LogP) is 5.13. The van der Waals surface area contributed by atoms with E-state index in [-0.39, 0.29) is 11.6 Å². The summed E-state index contributed by atoms with van der Waals surface area (Å²) >= 11 is 0. The Morgan fingerprint density at radius 2 is 1.78 bits per heavy atom. The molecule has 7 heteroatoms. The fourth-order valence-corrected chi connectivity index (χ4v) is 2.69. The van der Waals surface area contributed by atoms with E-state index < -0.39 is 0 Å². The van der Waals surface area contributed by atoms with Gasteiger partial charge in [0.15, 0.2) is 17.2 Å². The quantitative estimate of drug-likeness (QED) is 0.516. The van der Waals surface area contributed by atoms with Crippen molar-refractivity contribution >= 4 is 17.2 Å². The van der Waals surface area contributed by atoms with Crippen LogP contribution in [0.2, 0.25) is 0 Å². The maximum Gasteiger partial charge on any atom is 0.187 e. The van der Waals surface area contributed by atoms with Gasteiger partial charge in [-0.15, -0.1) is 10.2 Å². The van der Waals surface area contributed by atoms with E-state index in [1.165, 1.54) is 18.2 Å². The summed E-state index contributed by atoms with van der Waals surface area (Å²) in [4.78, 5) is 4.44. The number of aromatic hydroxyl groups is 1. The number of azo groups is 1. The van der Waals surface area contributed by atoms with E-state index in [1.807, 2.05) is 0 Å². The largest absolute Gasteiger partial charge is 0.504 e. The van der Waals surface area contributed by atoms with Crippen LogP contribution in [0.1, 0.15) is 5.56 Å². The van der Waals surface area contributed by atoms with Crippen LogP contribution >= 0.6 is 0 Å². The van der Waals surface area contributed by atoms with Crippen LogP contribution in [0.15, 0.2) is 77.1 Å². The van der Waals surface area contributed by atoms with Crippen LogP contribution in [-0.4, -0.2) is 14.5 Å². The molecule has 0 aliphatic rings. The van der Waals surface area contributed by atoms with Gasteiger partial charge in [0.1, 0.15) is 23.3 Å². The molecule has 2 aromatic carbocycles. The minimum Gasteiger partial charge on any atom is -0.504 e. The smallest absolute Gasteiger partial charge is 0.187 e. The first-order valence-electron chi connectivity index (χ1n) is 8.04. The number of aromatic nitrogens is 2. The Hall–Kier alpha value is -4.05. The Labute approximate surface area is 153 Å². The summed E-state index contributed by atoms with van der Waals surface area (Å²) in [5, 5.41) is 27.8. The summed E-state index contributed by atoms with van der Waals surface area (Å²) < 4.78 is 14.9. The number of hydrogen-bond acceptors (Lipinski definition) is 5. The molecular weight excluding hydrogens is 345 g/mol. The molecule has 0 bridgehead atoms. The summed E-state index contributed by atoms with van der Waals surface area (Å²) in [6.45, 7) is 0. The Kier molecular flexibility index (Phi) is 4.07. The molecule has 130 valence electrons. The number of imidazole rings is 1. The fourth-order valence-electron chi connectivity index (χ4n) is 2.69. The molecule has 0 unspecified atom stereocenters. The maximum atomic E-state index is 13.3. The second-order valence-corrected chi connectivity index (χ2v) is 5.71. The van der Waals surface area contributed by atoms with E-state index in [9.17, 15) is 14.8 Å². The van der Waals surface area contributed by atoms with Crippen molar-refractivity contribution < 1.29 is 9.50 Å². The van der Waals surface area contributed by atoms with Crippen LogP contribution in [0.4, 0.5) is 15.9 Å². The Morgan fingerprint density at radius 3 is 2.56 bits per heavy atom. The second-order valence-electron chi connectivity index (χ2n) is 5.71. The lowest BCUT2D eigenvalue weighted by Gasteiger charge is -2.00. The van der Waals surface area contributed by atoms with Crippen molar-refractivity contribution in [2.45, 2.75) is 0 Å². The maximum absolute atomic E-state index is 13.3. The van der Waals surface area contributed by atoms with Crippen molar-refractivity contribution in [3.8, 4) is 23.1 Å². The second kappa shape index (κ2) is 6.69. The minimum absolute atomic E-state index is 0.0141. The molecule has 4 rings (SSSR count). The molecule has 0 aliphatic carbocycles. The number of benzene rings is 2. The van der Waals surface area contributed by atoms with Crippen molar-refractivity contribution in [2.75, 3.05) is 0 Å². The molecule has 27 heavy (non-hydrogen) atoms. The van der Waals surface area contributed by atoms with Crippen molar-refractivity contribution in [3.05, 3.63) is 78.2 Å². The average molecular weight is 357 g/mol. The van der Waals surface area contributed by atoms with Crippen LogP contribution in [0, 0.1) is 17.1 Å². The van der Waals surface area contributed by atoms with Gasteiger partial charge in [-0.1, -0.05) is 12.1 Å². The Bertz CT molecular complexity index is 1210. The lowest BCUT2D eigenvalue weighted by atomic mass is 10.1. The molecule has 0 spiro atoms. The van der Waals surface area contributed by atoms with Gasteiger partial charge in [0, 0.05) is 11.8 Å². The topological polar surface area (TPSA) is 86.0 Å². The third-order valence-corrected chi connectivity index (χ3v) is 4.00.